The van der Waals surface area contributed by atoms with Crippen LogP contribution in [0.2, 0.25) is 0 Å². The molecule has 2 fully saturated rings. The van der Waals surface area contributed by atoms with Crippen LogP contribution in [0.25, 0.3) is 0 Å². The van der Waals surface area contributed by atoms with Crippen molar-refractivity contribution in [1.29, 1.82) is 0 Å². The van der Waals surface area contributed by atoms with E-state index >= 15 is 0 Å². The Balaban J connectivity index is 1.80. The quantitative estimate of drug-likeness (QED) is 0.474. The molecule has 1 aromatic carbocycles. The predicted octanol–water partition coefficient (Wildman–Crippen LogP) is 0.447. The number of morpholine rings is 2. The van der Waals surface area contributed by atoms with E-state index in [1.165, 1.54) is 11.8 Å². The van der Waals surface area contributed by atoms with E-state index in [0.717, 1.165) is 4.90 Å². The Morgan fingerprint density at radius 2 is 1.40 bits per heavy atom. The summed E-state index contributed by atoms with van der Waals surface area (Å²) in [5, 5.41) is -0.833. The molecule has 2 N–H and O–H groups in total. The van der Waals surface area contributed by atoms with Gasteiger partial charge >= 0.3 is 0 Å². The summed E-state index contributed by atoms with van der Waals surface area (Å²) in [7, 11) is 0. The lowest BCUT2D eigenvalue weighted by Gasteiger charge is -2.33. The van der Waals surface area contributed by atoms with Crippen LogP contribution in [0.4, 0.5) is 5.69 Å². The zero-order valence-corrected chi connectivity index (χ0v) is 14.9. The summed E-state index contributed by atoms with van der Waals surface area (Å²) >= 11 is 1.23. The van der Waals surface area contributed by atoms with Gasteiger partial charge in [-0.3, -0.25) is 9.59 Å². The fourth-order valence-electron chi connectivity index (χ4n) is 2.82. The first-order chi connectivity index (χ1) is 12.2. The van der Waals surface area contributed by atoms with Crippen molar-refractivity contribution < 1.29 is 19.1 Å². The van der Waals surface area contributed by atoms with E-state index in [1.807, 2.05) is 18.2 Å². The molecular formula is C17H23N3O4S. The summed E-state index contributed by atoms with van der Waals surface area (Å²) in [4.78, 5) is 30.2. The lowest BCUT2D eigenvalue weighted by molar-refractivity contribution is -0.144. The third kappa shape index (κ3) is 4.45. The van der Waals surface area contributed by atoms with Crippen LogP contribution in [-0.2, 0) is 19.1 Å². The topological polar surface area (TPSA) is 85.1 Å². The number of anilines is 1. The van der Waals surface area contributed by atoms with E-state index in [4.69, 9.17) is 15.2 Å². The molecular weight excluding hydrogens is 342 g/mol. The minimum absolute atomic E-state index is 0.173. The van der Waals surface area contributed by atoms with Crippen LogP contribution in [0.15, 0.2) is 29.2 Å². The number of hydrogen-bond donors (Lipinski definition) is 1. The van der Waals surface area contributed by atoms with Crippen molar-refractivity contribution in [2.45, 2.75) is 10.1 Å². The van der Waals surface area contributed by atoms with Gasteiger partial charge in [0.1, 0.15) is 0 Å². The second-order valence-electron chi connectivity index (χ2n) is 5.91. The van der Waals surface area contributed by atoms with Crippen LogP contribution < -0.4 is 5.73 Å². The number of ether oxygens (including phenoxy) is 2. The molecule has 0 spiro atoms. The van der Waals surface area contributed by atoms with Gasteiger partial charge in [0.15, 0.2) is 5.25 Å². The standard InChI is InChI=1S/C17H23N3O4S/c18-13-3-1-2-4-14(13)25-15(16(21)19-5-9-23-10-6-19)17(22)20-7-11-24-12-8-20/h1-4,15H,5-12,18H2. The maximum atomic E-state index is 13.0. The van der Waals surface area contributed by atoms with Crippen molar-refractivity contribution in [1.82, 2.24) is 9.80 Å². The third-order valence-electron chi connectivity index (χ3n) is 4.26. The van der Waals surface area contributed by atoms with E-state index in [1.54, 1.807) is 15.9 Å². The highest BCUT2D eigenvalue weighted by Gasteiger charge is 2.36. The highest BCUT2D eigenvalue weighted by Crippen LogP contribution is 2.31. The molecule has 2 saturated heterocycles. The van der Waals surface area contributed by atoms with Crippen LogP contribution in [0.5, 0.6) is 0 Å². The van der Waals surface area contributed by atoms with Crippen molar-refractivity contribution >= 4 is 29.3 Å². The van der Waals surface area contributed by atoms with Crippen LogP contribution in [0.3, 0.4) is 0 Å². The third-order valence-corrected chi connectivity index (χ3v) is 5.52. The molecule has 2 amide bonds. The summed E-state index contributed by atoms with van der Waals surface area (Å²) in [5.74, 6) is -0.346. The number of para-hydroxylation sites is 1. The fraction of sp³-hybridized carbons (Fsp3) is 0.529. The van der Waals surface area contributed by atoms with Crippen molar-refractivity contribution in [2.75, 3.05) is 58.3 Å². The first-order valence-corrected chi connectivity index (χ1v) is 9.29. The number of carbonyl (C=O) groups is 2. The lowest BCUT2D eigenvalue weighted by atomic mass is 10.2. The number of nitrogens with zero attached hydrogens (tertiary/aromatic N) is 2. The van der Waals surface area contributed by atoms with Crippen molar-refractivity contribution in [3.05, 3.63) is 24.3 Å². The predicted molar refractivity (Wildman–Crippen MR) is 95.3 cm³/mol. The van der Waals surface area contributed by atoms with Gasteiger partial charge in [0.25, 0.3) is 0 Å². The molecule has 1 aromatic rings. The summed E-state index contributed by atoms with van der Waals surface area (Å²) in [6, 6.07) is 7.31. The number of rotatable bonds is 4. The average molecular weight is 365 g/mol. The lowest BCUT2D eigenvalue weighted by Crippen LogP contribution is -2.52. The molecule has 2 aliphatic heterocycles. The molecule has 0 bridgehead atoms. The zero-order chi connectivity index (χ0) is 17.6. The molecule has 3 rings (SSSR count). The summed E-state index contributed by atoms with van der Waals surface area (Å²) < 4.78 is 10.6. The van der Waals surface area contributed by atoms with Gasteiger partial charge in [-0.2, -0.15) is 0 Å². The first kappa shape index (κ1) is 18.0. The SMILES string of the molecule is Nc1ccccc1SC(C(=O)N1CCOCC1)C(=O)N1CCOCC1. The largest absolute Gasteiger partial charge is 0.398 e. The van der Waals surface area contributed by atoms with Crippen LogP contribution in [0.1, 0.15) is 0 Å². The molecule has 8 heteroatoms. The maximum Gasteiger partial charge on any atom is 0.245 e. The van der Waals surface area contributed by atoms with Crippen molar-refractivity contribution in [3.8, 4) is 0 Å². The van der Waals surface area contributed by atoms with Gasteiger partial charge < -0.3 is 25.0 Å². The Bertz CT molecular complexity index is 586. The molecule has 0 atom stereocenters. The van der Waals surface area contributed by atoms with Gasteiger partial charge in [-0.25, -0.2) is 0 Å². The molecule has 25 heavy (non-hydrogen) atoms. The smallest absolute Gasteiger partial charge is 0.245 e. The minimum atomic E-state index is -0.833. The molecule has 0 aliphatic carbocycles. The van der Waals surface area contributed by atoms with Crippen molar-refractivity contribution in [3.63, 3.8) is 0 Å². The van der Waals surface area contributed by atoms with E-state index < -0.39 is 5.25 Å². The Hall–Kier alpha value is -1.77. The van der Waals surface area contributed by atoms with E-state index in [0.29, 0.717) is 58.3 Å². The number of thioether (sulfide) groups is 1. The first-order valence-electron chi connectivity index (χ1n) is 8.41. The molecule has 0 radical (unpaired) electrons. The Morgan fingerprint density at radius 3 is 1.88 bits per heavy atom. The van der Waals surface area contributed by atoms with E-state index in [2.05, 4.69) is 0 Å². The number of benzene rings is 1. The number of carbonyl (C=O) groups excluding carboxylic acids is 2. The Morgan fingerprint density at radius 1 is 0.920 bits per heavy atom. The zero-order valence-electron chi connectivity index (χ0n) is 14.1. The number of nitrogen functional groups attached to an aromatic ring is 1. The van der Waals surface area contributed by atoms with Gasteiger partial charge in [0.2, 0.25) is 11.8 Å². The molecule has 0 aromatic heterocycles. The number of hydrogen-bond acceptors (Lipinski definition) is 6. The summed E-state index contributed by atoms with van der Waals surface area (Å²) in [6.45, 7) is 4.05. The Labute approximate surface area is 151 Å². The van der Waals surface area contributed by atoms with Crippen LogP contribution in [-0.4, -0.2) is 79.5 Å². The van der Waals surface area contributed by atoms with Gasteiger partial charge in [0.05, 0.1) is 26.4 Å². The summed E-state index contributed by atoms with van der Waals surface area (Å²) in [5.41, 5.74) is 6.59. The Kier molecular flexibility index (Phi) is 6.17. The van der Waals surface area contributed by atoms with Gasteiger partial charge in [-0.1, -0.05) is 12.1 Å². The minimum Gasteiger partial charge on any atom is -0.398 e. The second kappa shape index (κ2) is 8.55. The van der Waals surface area contributed by atoms with E-state index in [9.17, 15) is 9.59 Å². The van der Waals surface area contributed by atoms with Gasteiger partial charge in [-0.15, -0.1) is 11.8 Å². The highest BCUT2D eigenvalue weighted by molar-refractivity contribution is 8.01. The maximum absolute atomic E-state index is 13.0. The number of amides is 2. The van der Waals surface area contributed by atoms with E-state index in [-0.39, 0.29) is 11.8 Å². The number of nitrogens with two attached hydrogens (primary N) is 1. The normalized spacial score (nSPS) is 18.4. The molecule has 0 unspecified atom stereocenters. The van der Waals surface area contributed by atoms with Crippen LogP contribution in [0, 0.1) is 0 Å². The monoisotopic (exact) mass is 365 g/mol. The van der Waals surface area contributed by atoms with Gasteiger partial charge in [-0.05, 0) is 12.1 Å². The fourth-order valence-corrected chi connectivity index (χ4v) is 3.94. The molecule has 7 nitrogen and oxygen atoms in total. The summed E-state index contributed by atoms with van der Waals surface area (Å²) in [6.07, 6.45) is 0. The van der Waals surface area contributed by atoms with Crippen LogP contribution >= 0.6 is 11.8 Å². The van der Waals surface area contributed by atoms with Gasteiger partial charge in [0, 0.05) is 36.8 Å². The molecule has 2 heterocycles. The average Bonchev–Trinajstić information content (AvgIpc) is 2.68. The molecule has 136 valence electrons. The second-order valence-corrected chi connectivity index (χ2v) is 7.06. The highest BCUT2D eigenvalue weighted by atomic mass is 32.2. The molecule has 2 aliphatic rings. The van der Waals surface area contributed by atoms with Crippen molar-refractivity contribution in [2.24, 2.45) is 0 Å². The molecule has 0 saturated carbocycles.